The summed E-state index contributed by atoms with van der Waals surface area (Å²) < 4.78 is 43.0. The molecule has 1 aromatic heterocycles. The molecule has 3 rings (SSSR count). The van der Waals surface area contributed by atoms with Gasteiger partial charge in [-0.15, -0.1) is 0 Å². The molecule has 0 bridgehead atoms. The lowest BCUT2D eigenvalue weighted by molar-refractivity contribution is -0.137. The minimum absolute atomic E-state index is 0.293. The van der Waals surface area contributed by atoms with Crippen molar-refractivity contribution in [2.75, 3.05) is 18.2 Å². The van der Waals surface area contributed by atoms with E-state index in [2.05, 4.69) is 10.3 Å². The topological polar surface area (TPSA) is 77.2 Å². The number of rotatable bonds is 4. The fourth-order valence-electron chi connectivity index (χ4n) is 2.65. The highest BCUT2D eigenvalue weighted by Crippen LogP contribution is 2.34. The van der Waals surface area contributed by atoms with E-state index in [4.69, 9.17) is 10.5 Å². The number of carbonyl (C=O) groups is 1. The van der Waals surface area contributed by atoms with E-state index in [1.165, 1.54) is 25.4 Å². The quantitative estimate of drug-likeness (QED) is 0.624. The molecule has 28 heavy (non-hydrogen) atoms. The second-order valence-electron chi connectivity index (χ2n) is 5.92. The van der Waals surface area contributed by atoms with Crippen LogP contribution in [0.1, 0.15) is 15.9 Å². The summed E-state index contributed by atoms with van der Waals surface area (Å²) in [6.45, 7) is 0. The van der Waals surface area contributed by atoms with Crippen LogP contribution in [0.2, 0.25) is 0 Å². The van der Waals surface area contributed by atoms with E-state index in [9.17, 15) is 18.0 Å². The summed E-state index contributed by atoms with van der Waals surface area (Å²) in [5, 5.41) is 3.07. The van der Waals surface area contributed by atoms with E-state index in [1.807, 2.05) is 0 Å². The van der Waals surface area contributed by atoms with Crippen LogP contribution in [0.5, 0.6) is 0 Å². The summed E-state index contributed by atoms with van der Waals surface area (Å²) in [5.74, 6) is -0.217. The Kier molecular flexibility index (Phi) is 5.21. The van der Waals surface area contributed by atoms with Crippen LogP contribution in [0.4, 0.5) is 30.4 Å². The molecular formula is C20H16F3N3O2. The molecule has 0 saturated carbocycles. The first kappa shape index (κ1) is 19.2. The molecule has 0 radical (unpaired) electrons. The van der Waals surface area contributed by atoms with Crippen molar-refractivity contribution in [3.63, 3.8) is 0 Å². The minimum Gasteiger partial charge on any atom is -0.465 e. The summed E-state index contributed by atoms with van der Waals surface area (Å²) in [5.41, 5.74) is 7.69. The van der Waals surface area contributed by atoms with Crippen LogP contribution in [0.25, 0.3) is 11.1 Å². The van der Waals surface area contributed by atoms with Crippen LogP contribution in [-0.4, -0.2) is 18.1 Å². The van der Waals surface area contributed by atoms with Crippen LogP contribution >= 0.6 is 0 Å². The van der Waals surface area contributed by atoms with Gasteiger partial charge in [0.2, 0.25) is 0 Å². The molecule has 0 atom stereocenters. The number of aromatic nitrogens is 1. The number of nitrogens with two attached hydrogens (primary N) is 1. The Labute approximate surface area is 159 Å². The Morgan fingerprint density at radius 3 is 2.39 bits per heavy atom. The van der Waals surface area contributed by atoms with Crippen molar-refractivity contribution in [3.8, 4) is 11.1 Å². The van der Waals surface area contributed by atoms with Gasteiger partial charge in [-0.2, -0.15) is 13.2 Å². The van der Waals surface area contributed by atoms with E-state index in [1.54, 1.807) is 30.3 Å². The summed E-state index contributed by atoms with van der Waals surface area (Å²) >= 11 is 0. The third-order valence-corrected chi connectivity index (χ3v) is 4.02. The molecule has 3 aromatic rings. The van der Waals surface area contributed by atoms with Gasteiger partial charge >= 0.3 is 12.1 Å². The number of benzene rings is 2. The molecule has 3 N–H and O–H groups in total. The van der Waals surface area contributed by atoms with Crippen molar-refractivity contribution in [2.45, 2.75) is 6.18 Å². The largest absolute Gasteiger partial charge is 0.465 e. The average molecular weight is 387 g/mol. The van der Waals surface area contributed by atoms with Gasteiger partial charge in [0.1, 0.15) is 5.82 Å². The van der Waals surface area contributed by atoms with Crippen molar-refractivity contribution in [1.29, 1.82) is 0 Å². The Bertz CT molecular complexity index is 1000. The van der Waals surface area contributed by atoms with Crippen LogP contribution < -0.4 is 11.1 Å². The monoisotopic (exact) mass is 387 g/mol. The van der Waals surface area contributed by atoms with E-state index in [0.29, 0.717) is 33.9 Å². The zero-order chi connectivity index (χ0) is 20.3. The number of ether oxygens (including phenoxy) is 1. The zero-order valence-electron chi connectivity index (χ0n) is 14.7. The number of anilines is 3. The van der Waals surface area contributed by atoms with Gasteiger partial charge in [-0.1, -0.05) is 0 Å². The minimum atomic E-state index is -4.40. The van der Waals surface area contributed by atoms with Gasteiger partial charge in [0.05, 0.1) is 18.2 Å². The fourth-order valence-corrected chi connectivity index (χ4v) is 2.65. The maximum Gasteiger partial charge on any atom is 0.416 e. The number of nitrogens with zero attached hydrogens (tertiary/aromatic N) is 1. The number of hydrogen-bond donors (Lipinski definition) is 2. The van der Waals surface area contributed by atoms with E-state index in [0.717, 1.165) is 12.1 Å². The normalized spacial score (nSPS) is 11.1. The average Bonchev–Trinajstić information content (AvgIpc) is 2.67. The van der Waals surface area contributed by atoms with Gasteiger partial charge in [0, 0.05) is 23.1 Å². The molecule has 0 unspecified atom stereocenters. The van der Waals surface area contributed by atoms with Gasteiger partial charge < -0.3 is 15.8 Å². The molecule has 0 fully saturated rings. The number of carbonyl (C=O) groups excluding carboxylic acids is 1. The van der Waals surface area contributed by atoms with E-state index < -0.39 is 17.7 Å². The van der Waals surface area contributed by atoms with Gasteiger partial charge in [-0.05, 0) is 60.2 Å². The number of nitrogen functional groups attached to an aromatic ring is 1. The fraction of sp³-hybridized carbons (Fsp3) is 0.100. The highest BCUT2D eigenvalue weighted by atomic mass is 19.4. The lowest BCUT2D eigenvalue weighted by Crippen LogP contribution is -2.05. The van der Waals surface area contributed by atoms with E-state index in [-0.39, 0.29) is 0 Å². The second-order valence-corrected chi connectivity index (χ2v) is 5.92. The molecule has 0 spiro atoms. The first-order valence-corrected chi connectivity index (χ1v) is 8.16. The van der Waals surface area contributed by atoms with Crippen LogP contribution in [0.15, 0.2) is 60.8 Å². The maximum atomic E-state index is 12.7. The number of pyridine rings is 1. The summed E-state index contributed by atoms with van der Waals surface area (Å²) in [6.07, 6.45) is -2.88. The Morgan fingerprint density at radius 1 is 1.07 bits per heavy atom. The number of esters is 1. The zero-order valence-corrected chi connectivity index (χ0v) is 14.7. The first-order valence-electron chi connectivity index (χ1n) is 8.16. The molecule has 8 heteroatoms. The Hall–Kier alpha value is -3.55. The molecule has 0 aliphatic heterocycles. The van der Waals surface area contributed by atoms with Crippen molar-refractivity contribution in [3.05, 3.63) is 71.9 Å². The highest BCUT2D eigenvalue weighted by Gasteiger charge is 2.29. The van der Waals surface area contributed by atoms with Crippen LogP contribution in [0, 0.1) is 0 Å². The molecule has 144 valence electrons. The molecule has 0 saturated heterocycles. The third-order valence-electron chi connectivity index (χ3n) is 4.02. The number of halogens is 3. The summed E-state index contributed by atoms with van der Waals surface area (Å²) in [4.78, 5) is 15.8. The highest BCUT2D eigenvalue weighted by molar-refractivity contribution is 5.94. The van der Waals surface area contributed by atoms with Crippen molar-refractivity contribution >= 4 is 23.2 Å². The SMILES string of the molecule is COC(=O)c1ccc(Nc2ccc(C(F)(F)F)cc2)c(-c2ccnc(N)c2)c1. The standard InChI is InChI=1S/C20H16F3N3O2/c1-28-19(27)13-2-7-17(16(10-13)12-8-9-25-18(24)11-12)26-15-5-3-14(4-6-15)20(21,22)23/h2-11,26H,1H3,(H2,24,25). The smallest absolute Gasteiger partial charge is 0.416 e. The molecule has 5 nitrogen and oxygen atoms in total. The predicted molar refractivity (Wildman–Crippen MR) is 100 cm³/mol. The number of nitrogens with one attached hydrogen (secondary N) is 1. The van der Waals surface area contributed by atoms with Gasteiger partial charge in [-0.25, -0.2) is 9.78 Å². The lowest BCUT2D eigenvalue weighted by Gasteiger charge is -2.15. The predicted octanol–water partition coefficient (Wildman–Crippen LogP) is 4.88. The Morgan fingerprint density at radius 2 is 1.79 bits per heavy atom. The van der Waals surface area contributed by atoms with Crippen molar-refractivity contribution in [1.82, 2.24) is 4.98 Å². The molecule has 0 aliphatic carbocycles. The molecule has 0 amide bonds. The number of methoxy groups -OCH3 is 1. The molecule has 2 aromatic carbocycles. The van der Waals surface area contributed by atoms with Gasteiger partial charge in [0.15, 0.2) is 0 Å². The van der Waals surface area contributed by atoms with E-state index >= 15 is 0 Å². The van der Waals surface area contributed by atoms with Gasteiger partial charge in [0.25, 0.3) is 0 Å². The molecule has 0 aliphatic rings. The third kappa shape index (κ3) is 4.22. The first-order chi connectivity index (χ1) is 13.3. The van der Waals surface area contributed by atoms with Crippen molar-refractivity contribution < 1.29 is 22.7 Å². The summed E-state index contributed by atoms with van der Waals surface area (Å²) in [7, 11) is 1.28. The Balaban J connectivity index is 2.01. The molecule has 1 heterocycles. The van der Waals surface area contributed by atoms with Crippen LogP contribution in [0.3, 0.4) is 0 Å². The second kappa shape index (κ2) is 7.59. The van der Waals surface area contributed by atoms with Gasteiger partial charge in [-0.3, -0.25) is 0 Å². The molecular weight excluding hydrogens is 371 g/mol. The maximum absolute atomic E-state index is 12.7. The number of hydrogen-bond acceptors (Lipinski definition) is 5. The van der Waals surface area contributed by atoms with Crippen molar-refractivity contribution in [2.24, 2.45) is 0 Å². The number of alkyl halides is 3. The van der Waals surface area contributed by atoms with Crippen LogP contribution in [-0.2, 0) is 10.9 Å². The summed E-state index contributed by atoms with van der Waals surface area (Å²) in [6, 6.07) is 12.8. The lowest BCUT2D eigenvalue weighted by atomic mass is 10.0.